The van der Waals surface area contributed by atoms with Crippen LogP contribution in [0.15, 0.2) is 59.7 Å². The molecule has 7 heteroatoms. The zero-order chi connectivity index (χ0) is 16.9. The van der Waals surface area contributed by atoms with Gasteiger partial charge in [0.1, 0.15) is 23.0 Å². The third-order valence-electron chi connectivity index (χ3n) is 3.27. The van der Waals surface area contributed by atoms with Crippen LogP contribution in [0.25, 0.3) is 5.65 Å². The summed E-state index contributed by atoms with van der Waals surface area (Å²) in [5, 5.41) is 11.1. The van der Waals surface area contributed by atoms with Gasteiger partial charge < -0.3 is 10.1 Å². The molecule has 0 bridgehead atoms. The smallest absolute Gasteiger partial charge is 0.270 e. The van der Waals surface area contributed by atoms with Crippen LogP contribution in [-0.4, -0.2) is 21.9 Å². The van der Waals surface area contributed by atoms with Crippen molar-refractivity contribution in [1.29, 1.82) is 5.26 Å². The average Bonchev–Trinajstić information content (AvgIpc) is 2.61. The summed E-state index contributed by atoms with van der Waals surface area (Å²) >= 11 is 0. The number of carbonyl (C=O) groups is 1. The highest BCUT2D eigenvalue weighted by Gasteiger charge is 2.13. The standard InChI is InChI=1S/C17H12N4O3/c18-8-10-24-13-6-4-12(5-7-13)20-16(22)14-11-19-15-3-1-2-9-21(15)17(14)23/h1-7,9,11H,10H2,(H,20,22). The number of pyridine rings is 1. The first-order chi connectivity index (χ1) is 11.7. The second-order valence-electron chi connectivity index (χ2n) is 4.83. The fourth-order valence-electron chi connectivity index (χ4n) is 2.13. The van der Waals surface area contributed by atoms with Crippen molar-refractivity contribution in [1.82, 2.24) is 9.38 Å². The molecule has 118 valence electrons. The summed E-state index contributed by atoms with van der Waals surface area (Å²) in [6.45, 7) is -0.0504. The molecular formula is C17H12N4O3. The highest BCUT2D eigenvalue weighted by Crippen LogP contribution is 2.16. The summed E-state index contributed by atoms with van der Waals surface area (Å²) in [5.41, 5.74) is 0.482. The molecule has 7 nitrogen and oxygen atoms in total. The van der Waals surface area contributed by atoms with Gasteiger partial charge in [0.15, 0.2) is 6.61 Å². The number of anilines is 1. The topological polar surface area (TPSA) is 96.5 Å². The maximum atomic E-state index is 12.3. The third-order valence-corrected chi connectivity index (χ3v) is 3.27. The Morgan fingerprint density at radius 3 is 2.79 bits per heavy atom. The molecule has 1 N–H and O–H groups in total. The number of fused-ring (bicyclic) bond motifs is 1. The van der Waals surface area contributed by atoms with E-state index in [4.69, 9.17) is 10.00 Å². The van der Waals surface area contributed by atoms with Crippen LogP contribution in [0.4, 0.5) is 5.69 Å². The maximum absolute atomic E-state index is 12.3. The highest BCUT2D eigenvalue weighted by atomic mass is 16.5. The maximum Gasteiger partial charge on any atom is 0.270 e. The van der Waals surface area contributed by atoms with Crippen LogP contribution < -0.4 is 15.6 Å². The average molecular weight is 320 g/mol. The lowest BCUT2D eigenvalue weighted by Gasteiger charge is -2.07. The molecule has 0 saturated carbocycles. The van der Waals surface area contributed by atoms with Crippen LogP contribution in [0.3, 0.4) is 0 Å². The number of carbonyl (C=O) groups excluding carboxylic acids is 1. The molecule has 0 spiro atoms. The third kappa shape index (κ3) is 3.08. The minimum Gasteiger partial charge on any atom is -0.479 e. The summed E-state index contributed by atoms with van der Waals surface area (Å²) < 4.78 is 6.44. The molecule has 2 heterocycles. The number of hydrogen-bond donors (Lipinski definition) is 1. The number of nitrogens with zero attached hydrogens (tertiary/aromatic N) is 3. The van der Waals surface area contributed by atoms with Crippen LogP contribution >= 0.6 is 0 Å². The van der Waals surface area contributed by atoms with E-state index in [0.29, 0.717) is 17.1 Å². The SMILES string of the molecule is N#CCOc1ccc(NC(=O)c2cnc3ccccn3c2=O)cc1. The Balaban J connectivity index is 1.81. The van der Waals surface area contributed by atoms with Crippen molar-refractivity contribution < 1.29 is 9.53 Å². The molecule has 1 aromatic carbocycles. The first-order valence-electron chi connectivity index (χ1n) is 7.06. The second-order valence-corrected chi connectivity index (χ2v) is 4.83. The van der Waals surface area contributed by atoms with Crippen LogP contribution in [0.2, 0.25) is 0 Å². The van der Waals surface area contributed by atoms with Crippen LogP contribution in [0.1, 0.15) is 10.4 Å². The van der Waals surface area contributed by atoms with E-state index in [0.717, 1.165) is 0 Å². The van der Waals surface area contributed by atoms with Crippen LogP contribution in [-0.2, 0) is 0 Å². The van der Waals surface area contributed by atoms with E-state index in [9.17, 15) is 9.59 Å². The van der Waals surface area contributed by atoms with Crippen molar-refractivity contribution in [3.8, 4) is 11.8 Å². The molecule has 1 amide bonds. The second kappa shape index (κ2) is 6.62. The molecule has 2 aromatic heterocycles. The van der Waals surface area contributed by atoms with E-state index in [2.05, 4.69) is 10.3 Å². The van der Waals surface area contributed by atoms with Gasteiger partial charge in [0.2, 0.25) is 0 Å². The van der Waals surface area contributed by atoms with Gasteiger partial charge in [0.05, 0.1) is 0 Å². The summed E-state index contributed by atoms with van der Waals surface area (Å²) in [4.78, 5) is 28.7. The summed E-state index contributed by atoms with van der Waals surface area (Å²) in [6.07, 6.45) is 2.82. The summed E-state index contributed by atoms with van der Waals surface area (Å²) in [5.74, 6) is -0.0292. The van der Waals surface area contributed by atoms with Crippen LogP contribution in [0, 0.1) is 11.3 Å². The largest absolute Gasteiger partial charge is 0.479 e. The Bertz CT molecular complexity index is 987. The number of benzene rings is 1. The number of hydrogen-bond acceptors (Lipinski definition) is 5. The highest BCUT2D eigenvalue weighted by molar-refractivity contribution is 6.03. The van der Waals surface area contributed by atoms with Gasteiger partial charge in [0.25, 0.3) is 11.5 Å². The number of ether oxygens (including phenoxy) is 1. The number of aromatic nitrogens is 2. The normalized spacial score (nSPS) is 10.1. The van der Waals surface area contributed by atoms with Crippen molar-refractivity contribution in [2.24, 2.45) is 0 Å². The summed E-state index contributed by atoms with van der Waals surface area (Å²) in [6, 6.07) is 13.5. The zero-order valence-corrected chi connectivity index (χ0v) is 12.5. The minimum absolute atomic E-state index is 0.0504. The van der Waals surface area contributed by atoms with Gasteiger partial charge in [-0.15, -0.1) is 0 Å². The van der Waals surface area contributed by atoms with E-state index in [-0.39, 0.29) is 12.2 Å². The lowest BCUT2D eigenvalue weighted by Crippen LogP contribution is -2.26. The number of nitriles is 1. The quantitative estimate of drug-likeness (QED) is 0.791. The fraction of sp³-hybridized carbons (Fsp3) is 0.0588. The Hall–Kier alpha value is -3.66. The monoisotopic (exact) mass is 320 g/mol. The van der Waals surface area contributed by atoms with Gasteiger partial charge in [-0.25, -0.2) is 4.98 Å². The lowest BCUT2D eigenvalue weighted by atomic mass is 10.2. The minimum atomic E-state index is -0.545. The van der Waals surface area contributed by atoms with Gasteiger partial charge >= 0.3 is 0 Å². The molecule has 24 heavy (non-hydrogen) atoms. The van der Waals surface area contributed by atoms with Crippen molar-refractivity contribution >= 4 is 17.2 Å². The molecular weight excluding hydrogens is 308 g/mol. The molecule has 0 aliphatic heterocycles. The molecule has 0 radical (unpaired) electrons. The number of rotatable bonds is 4. The molecule has 3 aromatic rings. The molecule has 0 fully saturated rings. The Morgan fingerprint density at radius 1 is 1.25 bits per heavy atom. The van der Waals surface area contributed by atoms with Gasteiger partial charge in [-0.05, 0) is 36.4 Å². The predicted molar refractivity (Wildman–Crippen MR) is 87.0 cm³/mol. The Labute approximate surface area is 136 Å². The number of amides is 1. The van der Waals surface area contributed by atoms with Gasteiger partial charge in [0, 0.05) is 18.1 Å². The fourth-order valence-corrected chi connectivity index (χ4v) is 2.13. The van der Waals surface area contributed by atoms with E-state index >= 15 is 0 Å². The van der Waals surface area contributed by atoms with E-state index in [1.54, 1.807) is 48.7 Å². The van der Waals surface area contributed by atoms with E-state index in [1.807, 2.05) is 6.07 Å². The molecule has 0 unspecified atom stereocenters. The molecule has 0 aliphatic carbocycles. The summed E-state index contributed by atoms with van der Waals surface area (Å²) in [7, 11) is 0. The first kappa shape index (κ1) is 15.2. The Kier molecular flexibility index (Phi) is 4.21. The Morgan fingerprint density at radius 2 is 2.04 bits per heavy atom. The first-order valence-corrected chi connectivity index (χ1v) is 7.06. The van der Waals surface area contributed by atoms with Crippen molar-refractivity contribution in [3.05, 3.63) is 70.8 Å². The molecule has 0 saturated heterocycles. The molecule has 0 atom stereocenters. The van der Waals surface area contributed by atoms with E-state index in [1.165, 1.54) is 10.6 Å². The van der Waals surface area contributed by atoms with Gasteiger partial charge in [-0.1, -0.05) is 6.07 Å². The number of nitrogens with one attached hydrogen (secondary N) is 1. The molecule has 3 rings (SSSR count). The van der Waals surface area contributed by atoms with Gasteiger partial charge in [-0.2, -0.15) is 5.26 Å². The van der Waals surface area contributed by atoms with Gasteiger partial charge in [-0.3, -0.25) is 14.0 Å². The van der Waals surface area contributed by atoms with Crippen molar-refractivity contribution in [3.63, 3.8) is 0 Å². The molecule has 0 aliphatic rings. The zero-order valence-electron chi connectivity index (χ0n) is 12.5. The van der Waals surface area contributed by atoms with Crippen molar-refractivity contribution in [2.45, 2.75) is 0 Å². The van der Waals surface area contributed by atoms with Crippen LogP contribution in [0.5, 0.6) is 5.75 Å². The van der Waals surface area contributed by atoms with E-state index < -0.39 is 11.5 Å². The van der Waals surface area contributed by atoms with Crippen molar-refractivity contribution in [2.75, 3.05) is 11.9 Å². The predicted octanol–water partition coefficient (Wildman–Crippen LogP) is 1.85. The lowest BCUT2D eigenvalue weighted by molar-refractivity contribution is 0.102.